The molecule has 1 fully saturated rings. The number of hydrogen-bond acceptors (Lipinski definition) is 3. The molecular formula is C17H21NO3. The summed E-state index contributed by atoms with van der Waals surface area (Å²) in [6.07, 6.45) is 5.00. The molecule has 0 unspecified atom stereocenters. The molecule has 2 aliphatic rings. The van der Waals surface area contributed by atoms with Gasteiger partial charge in [-0.15, -0.1) is 0 Å². The molecule has 1 aromatic rings. The Morgan fingerprint density at radius 3 is 2.81 bits per heavy atom. The molecule has 3 rings (SSSR count). The average molecular weight is 287 g/mol. The quantitative estimate of drug-likeness (QED) is 0.842. The van der Waals surface area contributed by atoms with Gasteiger partial charge in [-0.05, 0) is 55.7 Å². The SMILES string of the molecule is C[C@@H](OC(=O)Cc1ccc2c(c1)CCC2)C(=O)NC1CC1. The first-order valence-corrected chi connectivity index (χ1v) is 7.72. The van der Waals surface area contributed by atoms with Gasteiger partial charge >= 0.3 is 5.97 Å². The van der Waals surface area contributed by atoms with E-state index in [4.69, 9.17) is 4.74 Å². The van der Waals surface area contributed by atoms with Crippen LogP contribution in [0.5, 0.6) is 0 Å². The molecule has 1 N–H and O–H groups in total. The molecule has 0 spiro atoms. The number of hydrogen-bond donors (Lipinski definition) is 1. The summed E-state index contributed by atoms with van der Waals surface area (Å²) in [4.78, 5) is 23.7. The molecule has 0 aromatic heterocycles. The van der Waals surface area contributed by atoms with Crippen LogP contribution in [0.1, 0.15) is 42.9 Å². The standard InChI is InChI=1S/C17H21NO3/c1-11(17(20)18-15-7-8-15)21-16(19)10-12-5-6-13-3-2-4-14(13)9-12/h5-6,9,11,15H,2-4,7-8,10H2,1H3,(H,18,20)/t11-/m1/s1. The molecule has 0 aliphatic heterocycles. The maximum Gasteiger partial charge on any atom is 0.311 e. The van der Waals surface area contributed by atoms with Crippen LogP contribution >= 0.6 is 0 Å². The number of nitrogens with one attached hydrogen (secondary N) is 1. The molecule has 0 radical (unpaired) electrons. The number of amides is 1. The normalized spacial score (nSPS) is 18.0. The number of ether oxygens (including phenoxy) is 1. The molecule has 1 saturated carbocycles. The van der Waals surface area contributed by atoms with Gasteiger partial charge in [0.15, 0.2) is 6.10 Å². The van der Waals surface area contributed by atoms with Crippen molar-refractivity contribution >= 4 is 11.9 Å². The van der Waals surface area contributed by atoms with Crippen molar-refractivity contribution in [3.63, 3.8) is 0 Å². The molecule has 4 nitrogen and oxygen atoms in total. The van der Waals surface area contributed by atoms with Crippen LogP contribution in [0.15, 0.2) is 18.2 Å². The lowest BCUT2D eigenvalue weighted by atomic mass is 10.0. The number of carbonyl (C=O) groups excluding carboxylic acids is 2. The van der Waals surface area contributed by atoms with Crippen LogP contribution in [0.3, 0.4) is 0 Å². The van der Waals surface area contributed by atoms with Crippen molar-refractivity contribution in [3.8, 4) is 0 Å². The predicted octanol–water partition coefficient (Wildman–Crippen LogP) is 1.93. The van der Waals surface area contributed by atoms with Crippen LogP contribution in [0.25, 0.3) is 0 Å². The van der Waals surface area contributed by atoms with Crippen LogP contribution in [0, 0.1) is 0 Å². The number of benzene rings is 1. The molecule has 1 atom stereocenters. The highest BCUT2D eigenvalue weighted by atomic mass is 16.5. The van der Waals surface area contributed by atoms with Crippen LogP contribution < -0.4 is 5.32 Å². The molecule has 0 heterocycles. The van der Waals surface area contributed by atoms with Crippen molar-refractivity contribution in [2.24, 2.45) is 0 Å². The summed E-state index contributed by atoms with van der Waals surface area (Å²) in [5, 5.41) is 2.84. The first-order valence-electron chi connectivity index (χ1n) is 7.72. The highest BCUT2D eigenvalue weighted by Gasteiger charge is 2.27. The molecular weight excluding hydrogens is 266 g/mol. The summed E-state index contributed by atoms with van der Waals surface area (Å²) in [5.74, 6) is -0.536. The molecule has 21 heavy (non-hydrogen) atoms. The highest BCUT2D eigenvalue weighted by molar-refractivity contribution is 5.84. The summed E-state index contributed by atoms with van der Waals surface area (Å²) >= 11 is 0. The molecule has 112 valence electrons. The molecule has 0 bridgehead atoms. The average Bonchev–Trinajstić information content (AvgIpc) is 3.13. The fraction of sp³-hybridized carbons (Fsp3) is 0.529. The maximum atomic E-state index is 11.9. The van der Waals surface area contributed by atoms with E-state index in [-0.39, 0.29) is 24.3 Å². The summed E-state index contributed by atoms with van der Waals surface area (Å²) in [6, 6.07) is 6.47. The third kappa shape index (κ3) is 3.63. The summed E-state index contributed by atoms with van der Waals surface area (Å²) in [5.41, 5.74) is 3.71. The van der Waals surface area contributed by atoms with Crippen LogP contribution in [0.4, 0.5) is 0 Å². The van der Waals surface area contributed by atoms with Gasteiger partial charge in [-0.1, -0.05) is 18.2 Å². The lowest BCUT2D eigenvalue weighted by molar-refractivity contribution is -0.154. The van der Waals surface area contributed by atoms with Crippen molar-refractivity contribution < 1.29 is 14.3 Å². The van der Waals surface area contributed by atoms with E-state index >= 15 is 0 Å². The lowest BCUT2D eigenvalue weighted by Gasteiger charge is -2.13. The molecule has 1 aromatic carbocycles. The van der Waals surface area contributed by atoms with E-state index in [0.29, 0.717) is 0 Å². The molecule has 1 amide bonds. The zero-order valence-corrected chi connectivity index (χ0v) is 12.4. The Bertz CT molecular complexity index is 563. The lowest BCUT2D eigenvalue weighted by Crippen LogP contribution is -2.37. The minimum atomic E-state index is -0.715. The number of carbonyl (C=O) groups is 2. The largest absolute Gasteiger partial charge is 0.452 e. The third-order valence-corrected chi connectivity index (χ3v) is 4.11. The van der Waals surface area contributed by atoms with Crippen molar-refractivity contribution in [1.29, 1.82) is 0 Å². The van der Waals surface area contributed by atoms with Gasteiger partial charge in [0.05, 0.1) is 6.42 Å². The predicted molar refractivity (Wildman–Crippen MR) is 78.9 cm³/mol. The Labute approximate surface area is 124 Å². The number of esters is 1. The van der Waals surface area contributed by atoms with Crippen molar-refractivity contribution in [1.82, 2.24) is 5.32 Å². The Balaban J connectivity index is 1.52. The second-order valence-corrected chi connectivity index (χ2v) is 6.05. The topological polar surface area (TPSA) is 55.4 Å². The third-order valence-electron chi connectivity index (χ3n) is 4.11. The van der Waals surface area contributed by atoms with E-state index in [1.165, 1.54) is 17.5 Å². The van der Waals surface area contributed by atoms with Crippen molar-refractivity contribution in [2.45, 2.75) is 57.6 Å². The van der Waals surface area contributed by atoms with Crippen molar-refractivity contribution in [2.75, 3.05) is 0 Å². The van der Waals surface area contributed by atoms with Gasteiger partial charge in [0.2, 0.25) is 0 Å². The summed E-state index contributed by atoms with van der Waals surface area (Å²) < 4.78 is 5.21. The van der Waals surface area contributed by atoms with E-state index in [2.05, 4.69) is 17.4 Å². The highest BCUT2D eigenvalue weighted by Crippen LogP contribution is 2.23. The number of fused-ring (bicyclic) bond motifs is 1. The number of aryl methyl sites for hydroxylation is 2. The van der Waals surface area contributed by atoms with Crippen molar-refractivity contribution in [3.05, 3.63) is 34.9 Å². The first-order chi connectivity index (χ1) is 10.1. The monoisotopic (exact) mass is 287 g/mol. The smallest absolute Gasteiger partial charge is 0.311 e. The zero-order chi connectivity index (χ0) is 14.8. The molecule has 0 saturated heterocycles. The van der Waals surface area contributed by atoms with Crippen LogP contribution in [0.2, 0.25) is 0 Å². The fourth-order valence-corrected chi connectivity index (χ4v) is 2.74. The van der Waals surface area contributed by atoms with E-state index < -0.39 is 6.10 Å². The molecule has 4 heteroatoms. The van der Waals surface area contributed by atoms with Gasteiger partial charge in [-0.2, -0.15) is 0 Å². The van der Waals surface area contributed by atoms with E-state index in [0.717, 1.165) is 31.2 Å². The summed E-state index contributed by atoms with van der Waals surface area (Å²) in [6.45, 7) is 1.62. The summed E-state index contributed by atoms with van der Waals surface area (Å²) in [7, 11) is 0. The van der Waals surface area contributed by atoms with E-state index in [1.54, 1.807) is 6.92 Å². The van der Waals surface area contributed by atoms with Gasteiger partial charge < -0.3 is 10.1 Å². The van der Waals surface area contributed by atoms with E-state index in [9.17, 15) is 9.59 Å². The van der Waals surface area contributed by atoms with Gasteiger partial charge in [-0.25, -0.2) is 0 Å². The van der Waals surface area contributed by atoms with Gasteiger partial charge in [0.25, 0.3) is 5.91 Å². The fourth-order valence-electron chi connectivity index (χ4n) is 2.74. The van der Waals surface area contributed by atoms with Gasteiger partial charge in [0, 0.05) is 6.04 Å². The zero-order valence-electron chi connectivity index (χ0n) is 12.4. The second kappa shape index (κ2) is 5.88. The minimum Gasteiger partial charge on any atom is -0.452 e. The van der Waals surface area contributed by atoms with E-state index in [1.807, 2.05) is 6.07 Å². The Morgan fingerprint density at radius 2 is 2.05 bits per heavy atom. The Morgan fingerprint density at radius 1 is 1.29 bits per heavy atom. The van der Waals surface area contributed by atoms with Crippen LogP contribution in [-0.4, -0.2) is 24.0 Å². The second-order valence-electron chi connectivity index (χ2n) is 6.05. The maximum absolute atomic E-state index is 11.9. The van der Waals surface area contributed by atoms with Crippen LogP contribution in [-0.2, 0) is 33.6 Å². The Hall–Kier alpha value is -1.84. The first kappa shape index (κ1) is 14.1. The Kier molecular flexibility index (Phi) is 3.95. The minimum absolute atomic E-state index is 0.195. The van der Waals surface area contributed by atoms with Gasteiger partial charge in [0.1, 0.15) is 0 Å². The number of rotatable bonds is 5. The molecule has 2 aliphatic carbocycles. The van der Waals surface area contributed by atoms with Gasteiger partial charge in [-0.3, -0.25) is 9.59 Å².